The number of aliphatic carboxylic acids is 3. The molecule has 1 aliphatic heterocycles. The maximum Gasteiger partial charge on any atom is 0.330 e. The zero-order valence-corrected chi connectivity index (χ0v) is 34.0. The third-order valence-corrected chi connectivity index (χ3v) is 8.57. The molecule has 2 aromatic rings. The Hall–Kier alpha value is -5.52. The molecule has 0 amide bonds. The van der Waals surface area contributed by atoms with Gasteiger partial charge in [0.1, 0.15) is 42.0 Å². The van der Waals surface area contributed by atoms with Crippen molar-refractivity contribution in [3.05, 3.63) is 48.0 Å². The predicted molar refractivity (Wildman–Crippen MR) is 217 cm³/mol. The third-order valence-electron chi connectivity index (χ3n) is 8.57. The van der Waals surface area contributed by atoms with Crippen molar-refractivity contribution in [3.8, 4) is 5.75 Å². The SMILES string of the molecule is CC(C)[C@H](N)C(=O)O.CC[C@H](C)[C@H](N)C(=O)OC(=O)[C@@H](N)CCCN=C(N)N.N[C@@H](Cc1ccc(OC(=O)[C@@H](N)Cc2cnc[nH]2)cc1)C(=O)O.O=C(O)[C@@H]1CCCN1. The van der Waals surface area contributed by atoms with Gasteiger partial charge in [0, 0.05) is 24.9 Å². The van der Waals surface area contributed by atoms with Crippen molar-refractivity contribution in [2.75, 3.05) is 13.1 Å². The van der Waals surface area contributed by atoms with Gasteiger partial charge in [-0.3, -0.25) is 19.4 Å². The molecule has 1 aromatic heterocycles. The van der Waals surface area contributed by atoms with Gasteiger partial charge in [0.2, 0.25) is 0 Å². The first kappa shape index (κ1) is 53.5. The Morgan fingerprint density at radius 3 is 1.90 bits per heavy atom. The zero-order chi connectivity index (χ0) is 45.2. The topological polar surface area (TPSA) is 417 Å². The summed E-state index contributed by atoms with van der Waals surface area (Å²) in [5, 5.41) is 28.2. The summed E-state index contributed by atoms with van der Waals surface area (Å²) in [6, 6.07) is 1.99. The molecule has 0 bridgehead atoms. The summed E-state index contributed by atoms with van der Waals surface area (Å²) in [5.74, 6) is -4.52. The second-order valence-electron chi connectivity index (χ2n) is 13.9. The maximum atomic E-state index is 11.9. The molecule has 332 valence electrons. The summed E-state index contributed by atoms with van der Waals surface area (Å²) in [4.78, 5) is 76.4. The molecule has 0 spiro atoms. The minimum absolute atomic E-state index is 0.0177. The second kappa shape index (κ2) is 28.8. The highest BCUT2D eigenvalue weighted by Crippen LogP contribution is 2.15. The van der Waals surface area contributed by atoms with E-state index in [0.29, 0.717) is 31.6 Å². The molecule has 1 fully saturated rings. The number of carboxylic acid groups (broad SMARTS) is 3. The van der Waals surface area contributed by atoms with Gasteiger partial charge in [-0.1, -0.05) is 46.2 Å². The lowest BCUT2D eigenvalue weighted by Crippen LogP contribution is -2.42. The van der Waals surface area contributed by atoms with E-state index in [-0.39, 0.29) is 30.3 Å². The van der Waals surface area contributed by atoms with Crippen molar-refractivity contribution in [1.29, 1.82) is 0 Å². The molecule has 0 saturated carbocycles. The number of hydrogen-bond donors (Lipinski definition) is 12. The number of carboxylic acids is 3. The van der Waals surface area contributed by atoms with Crippen LogP contribution in [0.4, 0.5) is 0 Å². The van der Waals surface area contributed by atoms with Gasteiger partial charge in [-0.05, 0) is 68.2 Å². The van der Waals surface area contributed by atoms with Crippen molar-refractivity contribution in [2.24, 2.45) is 57.0 Å². The minimum atomic E-state index is -1.06. The summed E-state index contributed by atoms with van der Waals surface area (Å²) in [6.07, 6.45) is 6.93. The Morgan fingerprint density at radius 2 is 1.47 bits per heavy atom. The monoisotopic (exact) mass is 837 g/mol. The Kier molecular flexibility index (Phi) is 26.1. The number of benzene rings is 1. The third kappa shape index (κ3) is 23.5. The fourth-order valence-corrected chi connectivity index (χ4v) is 4.49. The van der Waals surface area contributed by atoms with Crippen LogP contribution in [-0.4, -0.2) is 116 Å². The number of ether oxygens (including phenoxy) is 2. The Bertz CT molecular complexity index is 1590. The fourth-order valence-electron chi connectivity index (χ4n) is 4.49. The predicted octanol–water partition coefficient (Wildman–Crippen LogP) is -1.47. The summed E-state index contributed by atoms with van der Waals surface area (Å²) in [7, 11) is 0. The molecule has 0 unspecified atom stereocenters. The van der Waals surface area contributed by atoms with Crippen molar-refractivity contribution in [2.45, 2.75) is 109 Å². The molecule has 7 atom stereocenters. The van der Waals surface area contributed by atoms with E-state index >= 15 is 0 Å². The number of rotatable bonds is 18. The lowest BCUT2D eigenvalue weighted by atomic mass is 10.0. The van der Waals surface area contributed by atoms with Gasteiger partial charge >= 0.3 is 35.8 Å². The van der Waals surface area contributed by atoms with E-state index in [0.717, 1.165) is 37.1 Å². The first-order chi connectivity index (χ1) is 27.6. The second-order valence-corrected chi connectivity index (χ2v) is 13.9. The minimum Gasteiger partial charge on any atom is -0.480 e. The number of nitrogens with two attached hydrogens (primary N) is 7. The number of nitrogens with zero attached hydrogens (tertiary/aromatic N) is 2. The van der Waals surface area contributed by atoms with Gasteiger partial charge in [-0.25, -0.2) is 19.4 Å². The number of nitrogens with one attached hydrogen (secondary N) is 2. The smallest absolute Gasteiger partial charge is 0.330 e. The van der Waals surface area contributed by atoms with Crippen LogP contribution in [-0.2, 0) is 46.3 Å². The van der Waals surface area contributed by atoms with E-state index < -0.39 is 66.0 Å². The van der Waals surface area contributed by atoms with Crippen LogP contribution in [0.5, 0.6) is 5.75 Å². The van der Waals surface area contributed by atoms with Gasteiger partial charge in [0.15, 0.2) is 5.96 Å². The highest BCUT2D eigenvalue weighted by molar-refractivity contribution is 5.90. The molecule has 22 nitrogen and oxygen atoms in total. The molecular formula is C37H63N11O11. The molecule has 0 radical (unpaired) electrons. The number of H-pyrrole nitrogens is 1. The summed E-state index contributed by atoms with van der Waals surface area (Å²) in [5.41, 5.74) is 39.5. The molecule has 1 saturated heterocycles. The molecule has 3 rings (SSSR count). The van der Waals surface area contributed by atoms with E-state index in [2.05, 4.69) is 25.0 Å². The van der Waals surface area contributed by atoms with Crippen molar-refractivity contribution >= 4 is 41.8 Å². The number of carbonyl (C=O) groups excluding carboxylic acids is 3. The van der Waals surface area contributed by atoms with Gasteiger partial charge in [0.25, 0.3) is 0 Å². The number of imidazole rings is 1. The van der Waals surface area contributed by atoms with E-state index in [4.69, 9.17) is 60.2 Å². The van der Waals surface area contributed by atoms with Crippen LogP contribution in [0, 0.1) is 11.8 Å². The number of aromatic nitrogens is 2. The van der Waals surface area contributed by atoms with Gasteiger partial charge < -0.3 is 75.2 Å². The number of carbonyl (C=O) groups is 6. The largest absolute Gasteiger partial charge is 0.480 e. The fraction of sp³-hybridized carbons (Fsp3) is 0.568. The average Bonchev–Trinajstić information content (AvgIpc) is 3.92. The molecule has 19 N–H and O–H groups in total. The summed E-state index contributed by atoms with van der Waals surface area (Å²) < 4.78 is 9.85. The van der Waals surface area contributed by atoms with E-state index in [9.17, 15) is 28.8 Å². The molecule has 2 heterocycles. The standard InChI is InChI=1S/C15H18N4O4.C12H25N5O3.C5H9NO2.C5H11NO2/c16-12(14(20)21)5-9-1-3-11(4-2-9)23-15(22)13(17)6-10-7-18-8-19-10;1-3-7(2)9(14)11(19)20-10(18)8(13)5-4-6-17-12(15)16;7-5(8)4-2-1-3-6-4;1-3(2)4(6)5(7)8/h1-4,7-8,12-13H,5-6,16-17H2,(H,18,19)(H,20,21);7-9H,3-6,13-14H2,1-2H3,(H4,15,16,17);4,6H,1-3H2,(H,7,8);3-4H,6H2,1-2H3,(H,7,8)/t12-,13-;7-,8-,9-;2*4-/m0000/s1. The van der Waals surface area contributed by atoms with Crippen LogP contribution >= 0.6 is 0 Å². The first-order valence-electron chi connectivity index (χ1n) is 18.9. The maximum absolute atomic E-state index is 11.9. The van der Waals surface area contributed by atoms with Crippen LogP contribution in [0.1, 0.15) is 71.1 Å². The van der Waals surface area contributed by atoms with Gasteiger partial charge in [0.05, 0.1) is 6.33 Å². The van der Waals surface area contributed by atoms with E-state index in [1.54, 1.807) is 44.3 Å². The summed E-state index contributed by atoms with van der Waals surface area (Å²) >= 11 is 0. The molecule has 59 heavy (non-hydrogen) atoms. The van der Waals surface area contributed by atoms with Crippen molar-refractivity contribution in [3.63, 3.8) is 0 Å². The lowest BCUT2D eigenvalue weighted by molar-refractivity contribution is -0.162. The van der Waals surface area contributed by atoms with Crippen LogP contribution in [0.2, 0.25) is 0 Å². The number of guanidine groups is 1. The molecule has 22 heteroatoms. The molecule has 1 aliphatic rings. The number of esters is 3. The Labute approximate surface area is 343 Å². The van der Waals surface area contributed by atoms with Crippen molar-refractivity contribution < 1.29 is 53.6 Å². The van der Waals surface area contributed by atoms with Gasteiger partial charge in [-0.2, -0.15) is 0 Å². The van der Waals surface area contributed by atoms with Crippen LogP contribution in [0.25, 0.3) is 0 Å². The molecular weight excluding hydrogens is 774 g/mol. The number of aliphatic imine (C=N–C) groups is 1. The van der Waals surface area contributed by atoms with Gasteiger partial charge in [-0.15, -0.1) is 0 Å². The van der Waals surface area contributed by atoms with Crippen LogP contribution < -0.4 is 50.2 Å². The molecule has 1 aromatic carbocycles. The number of hydrogen-bond acceptors (Lipinski definition) is 16. The van der Waals surface area contributed by atoms with E-state index in [1.165, 1.54) is 6.33 Å². The first-order valence-corrected chi connectivity index (χ1v) is 18.9. The normalized spacial score (nSPS) is 16.0. The highest BCUT2D eigenvalue weighted by Gasteiger charge is 2.26. The number of aromatic amines is 1. The quantitative estimate of drug-likeness (QED) is 0.0203. The molecule has 0 aliphatic carbocycles. The van der Waals surface area contributed by atoms with Crippen LogP contribution in [0.3, 0.4) is 0 Å². The zero-order valence-electron chi connectivity index (χ0n) is 34.0. The van der Waals surface area contributed by atoms with E-state index in [1.807, 2.05) is 13.8 Å². The Morgan fingerprint density at radius 1 is 0.847 bits per heavy atom. The van der Waals surface area contributed by atoms with Crippen LogP contribution in [0.15, 0.2) is 41.8 Å². The average molecular weight is 838 g/mol. The van der Waals surface area contributed by atoms with Crippen molar-refractivity contribution in [1.82, 2.24) is 15.3 Å². The lowest BCUT2D eigenvalue weighted by Gasteiger charge is -2.17. The highest BCUT2D eigenvalue weighted by atomic mass is 16.6. The summed E-state index contributed by atoms with van der Waals surface area (Å²) in [6.45, 7) is 8.48. The Balaban J connectivity index is 0.000000840.